The van der Waals surface area contributed by atoms with Crippen molar-refractivity contribution in [2.24, 2.45) is 0 Å². The second-order valence-electron chi connectivity index (χ2n) is 15.1. The quantitative estimate of drug-likeness (QED) is 0.0275. The molecule has 1 fully saturated rings. The topological polar surface area (TPSA) is 152 Å². The molecule has 4 N–H and O–H groups in total. The van der Waals surface area contributed by atoms with E-state index in [4.69, 9.17) is 18.9 Å². The van der Waals surface area contributed by atoms with E-state index in [0.29, 0.717) is 12.8 Å². The van der Waals surface area contributed by atoms with Crippen molar-refractivity contribution < 1.29 is 49.0 Å². The molecule has 0 amide bonds. The molecule has 10 nitrogen and oxygen atoms in total. The Balaban J connectivity index is 2.34. The number of aliphatic hydroxyl groups is 4. The molecule has 10 heteroatoms. The van der Waals surface area contributed by atoms with Crippen molar-refractivity contribution >= 4 is 11.9 Å². The number of unbranched alkanes of at least 4 members (excludes halogenated alkanes) is 19. The summed E-state index contributed by atoms with van der Waals surface area (Å²) in [5.41, 5.74) is 0. The maximum atomic E-state index is 12.8. The van der Waals surface area contributed by atoms with Gasteiger partial charge in [-0.05, 0) is 44.9 Å². The van der Waals surface area contributed by atoms with Gasteiger partial charge < -0.3 is 39.4 Å². The second kappa shape index (κ2) is 36.3. The molecule has 55 heavy (non-hydrogen) atoms. The first kappa shape index (κ1) is 50.9. The van der Waals surface area contributed by atoms with Gasteiger partial charge in [0.15, 0.2) is 12.4 Å². The van der Waals surface area contributed by atoms with Gasteiger partial charge in [0.05, 0.1) is 13.2 Å². The predicted octanol–water partition coefficient (Wildman–Crippen LogP) is 9.11. The largest absolute Gasteiger partial charge is 0.462 e. The maximum absolute atomic E-state index is 12.8. The van der Waals surface area contributed by atoms with Crippen LogP contribution in [0.5, 0.6) is 0 Å². The lowest BCUT2D eigenvalue weighted by molar-refractivity contribution is -0.305. The Morgan fingerprint density at radius 2 is 1.07 bits per heavy atom. The number of esters is 2. The van der Waals surface area contributed by atoms with Crippen LogP contribution in [0.4, 0.5) is 0 Å². The lowest BCUT2D eigenvalue weighted by Gasteiger charge is -2.39. The van der Waals surface area contributed by atoms with E-state index in [9.17, 15) is 30.0 Å². The van der Waals surface area contributed by atoms with Gasteiger partial charge in [0.25, 0.3) is 0 Å². The van der Waals surface area contributed by atoms with E-state index in [0.717, 1.165) is 70.6 Å². The van der Waals surface area contributed by atoms with Crippen molar-refractivity contribution in [3.63, 3.8) is 0 Å². The molecule has 0 aromatic rings. The SMILES string of the molecule is CC/C=C\C/C=C\C/C=C\CCCCCCCC(=O)OC[C@H](CO[C@@H]1O[C@H](CO)[C@H](O)[C@H](O)[C@H]1O)OC(=O)CCCCCCCCCCCCCCCCC. The zero-order chi connectivity index (χ0) is 40.2. The van der Waals surface area contributed by atoms with Gasteiger partial charge in [0.1, 0.15) is 31.0 Å². The van der Waals surface area contributed by atoms with Crippen LogP contribution in [-0.2, 0) is 28.5 Å². The third-order valence-electron chi connectivity index (χ3n) is 10.0. The summed E-state index contributed by atoms with van der Waals surface area (Å²) in [6.07, 6.45) is 32.9. The Hall–Kier alpha value is -2.08. The molecule has 6 atom stereocenters. The van der Waals surface area contributed by atoms with Gasteiger partial charge in [-0.2, -0.15) is 0 Å². The summed E-state index contributed by atoms with van der Waals surface area (Å²) in [4.78, 5) is 25.3. The first-order chi connectivity index (χ1) is 26.8. The van der Waals surface area contributed by atoms with Crippen LogP contribution < -0.4 is 0 Å². The monoisotopic (exact) mass is 781 g/mol. The minimum Gasteiger partial charge on any atom is -0.462 e. The van der Waals surface area contributed by atoms with E-state index in [1.54, 1.807) is 0 Å². The molecular formula is C45H80O10. The van der Waals surface area contributed by atoms with Crippen molar-refractivity contribution in [3.05, 3.63) is 36.5 Å². The van der Waals surface area contributed by atoms with Crippen LogP contribution in [-0.4, -0.2) is 89.0 Å². The molecule has 0 aromatic heterocycles. The van der Waals surface area contributed by atoms with Gasteiger partial charge in [-0.25, -0.2) is 0 Å². The molecule has 0 unspecified atom stereocenters. The highest BCUT2D eigenvalue weighted by molar-refractivity contribution is 5.70. The molecule has 0 saturated carbocycles. The summed E-state index contributed by atoms with van der Waals surface area (Å²) in [5, 5.41) is 40.0. The minimum absolute atomic E-state index is 0.224. The highest BCUT2D eigenvalue weighted by atomic mass is 16.7. The minimum atomic E-state index is -1.60. The molecule has 1 rings (SSSR count). The number of allylic oxidation sites excluding steroid dienone is 6. The second-order valence-corrected chi connectivity index (χ2v) is 15.1. The number of carbonyl (C=O) groups excluding carboxylic acids is 2. The lowest BCUT2D eigenvalue weighted by Crippen LogP contribution is -2.59. The van der Waals surface area contributed by atoms with Crippen molar-refractivity contribution in [1.29, 1.82) is 0 Å². The van der Waals surface area contributed by atoms with Crippen LogP contribution in [0.1, 0.15) is 181 Å². The first-order valence-corrected chi connectivity index (χ1v) is 22.1. The number of hydrogen-bond donors (Lipinski definition) is 4. The van der Waals surface area contributed by atoms with Gasteiger partial charge in [0, 0.05) is 12.8 Å². The third kappa shape index (κ3) is 28.0. The highest BCUT2D eigenvalue weighted by Gasteiger charge is 2.44. The maximum Gasteiger partial charge on any atom is 0.306 e. The normalized spacial score (nSPS) is 20.9. The summed E-state index contributed by atoms with van der Waals surface area (Å²) in [6.45, 7) is 3.30. The molecule has 0 bridgehead atoms. The van der Waals surface area contributed by atoms with Gasteiger partial charge in [0.2, 0.25) is 0 Å². The average Bonchev–Trinajstić information content (AvgIpc) is 3.18. The predicted molar refractivity (Wildman–Crippen MR) is 219 cm³/mol. The molecule has 0 aromatic carbocycles. The average molecular weight is 781 g/mol. The Morgan fingerprint density at radius 1 is 0.582 bits per heavy atom. The molecule has 0 aliphatic carbocycles. The van der Waals surface area contributed by atoms with Crippen LogP contribution >= 0.6 is 0 Å². The Kier molecular flexibility index (Phi) is 33.6. The Bertz CT molecular complexity index is 996. The molecule has 1 aliphatic rings. The van der Waals surface area contributed by atoms with E-state index >= 15 is 0 Å². The van der Waals surface area contributed by atoms with Crippen LogP contribution in [0, 0.1) is 0 Å². The standard InChI is InChI=1S/C45H80O10/c1-3-5-7-9-11-13-15-17-19-21-23-25-27-29-31-33-40(47)52-36-38(37-53-45-44(51)43(50)42(49)39(35-46)55-45)54-41(48)34-32-30-28-26-24-22-20-18-16-14-12-10-8-6-4-2/h5,7,11,13,17,19,38-39,42-46,49-51H,3-4,6,8-10,12,14-16,18,20-37H2,1-2H3/b7-5-,13-11-,19-17-/t38-,39-,42+,43+,44-,45-/m1/s1. The fourth-order valence-electron chi connectivity index (χ4n) is 6.56. The summed E-state index contributed by atoms with van der Waals surface area (Å²) in [7, 11) is 0. The van der Waals surface area contributed by atoms with Gasteiger partial charge in [-0.15, -0.1) is 0 Å². The van der Waals surface area contributed by atoms with Crippen molar-refractivity contribution in [3.8, 4) is 0 Å². The van der Waals surface area contributed by atoms with E-state index in [-0.39, 0.29) is 26.1 Å². The smallest absolute Gasteiger partial charge is 0.306 e. The molecule has 1 saturated heterocycles. The Labute approximate surface area is 334 Å². The number of carbonyl (C=O) groups is 2. The van der Waals surface area contributed by atoms with E-state index < -0.39 is 55.4 Å². The number of aliphatic hydroxyl groups excluding tert-OH is 4. The van der Waals surface area contributed by atoms with Crippen molar-refractivity contribution in [1.82, 2.24) is 0 Å². The fraction of sp³-hybridized carbons (Fsp3) is 0.822. The summed E-state index contributed by atoms with van der Waals surface area (Å²) >= 11 is 0. The van der Waals surface area contributed by atoms with Gasteiger partial charge in [-0.1, -0.05) is 159 Å². The van der Waals surface area contributed by atoms with Crippen LogP contribution in [0.2, 0.25) is 0 Å². The molecule has 1 heterocycles. The zero-order valence-electron chi connectivity index (χ0n) is 34.7. The zero-order valence-corrected chi connectivity index (χ0v) is 34.7. The van der Waals surface area contributed by atoms with Gasteiger partial charge in [-0.3, -0.25) is 9.59 Å². The molecular weight excluding hydrogens is 700 g/mol. The first-order valence-electron chi connectivity index (χ1n) is 22.1. The highest BCUT2D eigenvalue weighted by Crippen LogP contribution is 2.22. The van der Waals surface area contributed by atoms with Gasteiger partial charge >= 0.3 is 11.9 Å². The third-order valence-corrected chi connectivity index (χ3v) is 10.0. The van der Waals surface area contributed by atoms with E-state index in [2.05, 4.69) is 50.3 Å². The summed E-state index contributed by atoms with van der Waals surface area (Å²) in [5.74, 6) is -0.822. The van der Waals surface area contributed by atoms with Crippen molar-refractivity contribution in [2.75, 3.05) is 19.8 Å². The molecule has 1 aliphatic heterocycles. The molecule has 0 spiro atoms. The fourth-order valence-corrected chi connectivity index (χ4v) is 6.56. The summed E-state index contributed by atoms with van der Waals surface area (Å²) in [6, 6.07) is 0. The van der Waals surface area contributed by atoms with Crippen LogP contribution in [0.3, 0.4) is 0 Å². The van der Waals surface area contributed by atoms with Crippen LogP contribution in [0.25, 0.3) is 0 Å². The van der Waals surface area contributed by atoms with Crippen molar-refractivity contribution in [2.45, 2.75) is 218 Å². The number of ether oxygens (including phenoxy) is 4. The van der Waals surface area contributed by atoms with E-state index in [1.165, 1.54) is 70.6 Å². The number of hydrogen-bond acceptors (Lipinski definition) is 10. The van der Waals surface area contributed by atoms with Crippen LogP contribution in [0.15, 0.2) is 36.5 Å². The summed E-state index contributed by atoms with van der Waals surface area (Å²) < 4.78 is 22.1. The molecule has 320 valence electrons. The lowest BCUT2D eigenvalue weighted by atomic mass is 9.99. The Morgan fingerprint density at radius 3 is 1.62 bits per heavy atom. The van der Waals surface area contributed by atoms with E-state index in [1.807, 2.05) is 0 Å². The number of rotatable bonds is 36. The molecule has 0 radical (unpaired) electrons.